The molecule has 0 atom stereocenters. The molecule has 0 aliphatic heterocycles. The molecule has 8 heteroatoms. The lowest BCUT2D eigenvalue weighted by Crippen LogP contribution is -2.30. The maximum absolute atomic E-state index is 13.2. The van der Waals surface area contributed by atoms with Crippen molar-refractivity contribution in [3.8, 4) is 22.5 Å². The summed E-state index contributed by atoms with van der Waals surface area (Å²) in [6.45, 7) is 2.44. The average Bonchev–Trinajstić information content (AvgIpc) is 3.54. The first-order valence-corrected chi connectivity index (χ1v) is 11.5. The summed E-state index contributed by atoms with van der Waals surface area (Å²) in [5.74, 6) is 0.283. The summed E-state index contributed by atoms with van der Waals surface area (Å²) in [6.07, 6.45) is 3.26. The molecule has 2 aromatic heterocycles. The molecule has 35 heavy (non-hydrogen) atoms. The third kappa shape index (κ3) is 4.46. The van der Waals surface area contributed by atoms with Crippen LogP contribution in [0.15, 0.2) is 89.9 Å². The Kier molecular flexibility index (Phi) is 6.17. The number of aromatic amines is 1. The molecule has 3 aromatic carbocycles. The molecule has 0 amide bonds. The predicted molar refractivity (Wildman–Crippen MR) is 133 cm³/mol. The van der Waals surface area contributed by atoms with Crippen molar-refractivity contribution in [3.05, 3.63) is 112 Å². The van der Waals surface area contributed by atoms with Gasteiger partial charge in [0.2, 0.25) is 0 Å². The van der Waals surface area contributed by atoms with Gasteiger partial charge in [-0.2, -0.15) is 0 Å². The van der Waals surface area contributed by atoms with Gasteiger partial charge in [-0.3, -0.25) is 9.36 Å². The van der Waals surface area contributed by atoms with Crippen molar-refractivity contribution in [2.75, 3.05) is 0 Å². The zero-order valence-corrected chi connectivity index (χ0v) is 19.3. The summed E-state index contributed by atoms with van der Waals surface area (Å²) >= 11 is 0. The second kappa shape index (κ2) is 9.72. The first-order chi connectivity index (χ1) is 17.2. The molecular weight excluding hydrogens is 440 g/mol. The Balaban J connectivity index is 1.45. The summed E-state index contributed by atoms with van der Waals surface area (Å²) in [6, 6.07) is 24.8. The highest BCUT2D eigenvalue weighted by atomic mass is 16.2. The fourth-order valence-corrected chi connectivity index (χ4v) is 4.20. The van der Waals surface area contributed by atoms with Crippen molar-refractivity contribution in [2.24, 2.45) is 0 Å². The lowest BCUT2D eigenvalue weighted by atomic mass is 9.98. The third-order valence-corrected chi connectivity index (χ3v) is 5.94. The van der Waals surface area contributed by atoms with E-state index in [1.165, 1.54) is 4.57 Å². The smallest absolute Gasteiger partial charge is 0.292 e. The largest absolute Gasteiger partial charge is 0.335 e. The summed E-state index contributed by atoms with van der Waals surface area (Å²) in [5, 5.41) is 14.2. The van der Waals surface area contributed by atoms with Gasteiger partial charge in [0.1, 0.15) is 0 Å². The fraction of sp³-hybridized carbons (Fsp3) is 0.148. The zero-order chi connectivity index (χ0) is 24.2. The van der Waals surface area contributed by atoms with Gasteiger partial charge in [0.25, 0.3) is 5.91 Å². The van der Waals surface area contributed by atoms with Crippen LogP contribution in [0.25, 0.3) is 22.5 Å². The summed E-state index contributed by atoms with van der Waals surface area (Å²) < 4.78 is 2.91. The van der Waals surface area contributed by atoms with Gasteiger partial charge in [0, 0.05) is 23.0 Å². The van der Waals surface area contributed by atoms with Gasteiger partial charge >= 0.3 is 5.69 Å². The third-order valence-electron chi connectivity index (χ3n) is 5.94. The Hall–Kier alpha value is -4.59. The predicted octanol–water partition coefficient (Wildman–Crippen LogP) is 4.19. The van der Waals surface area contributed by atoms with E-state index >= 15 is 0 Å². The highest BCUT2D eigenvalue weighted by Gasteiger charge is 2.18. The Morgan fingerprint density at radius 2 is 1.63 bits per heavy atom. The van der Waals surface area contributed by atoms with E-state index in [9.17, 15) is 9.59 Å². The number of imidazole rings is 1. The molecule has 0 aliphatic rings. The van der Waals surface area contributed by atoms with Crippen LogP contribution in [-0.4, -0.2) is 35.7 Å². The van der Waals surface area contributed by atoms with Crippen molar-refractivity contribution in [1.29, 1.82) is 0 Å². The molecule has 1 N–H and O–H groups in total. The summed E-state index contributed by atoms with van der Waals surface area (Å²) in [5.41, 5.74) is 4.89. The van der Waals surface area contributed by atoms with E-state index < -0.39 is 0 Å². The monoisotopic (exact) mass is 464 g/mol. The minimum absolute atomic E-state index is 0.319. The van der Waals surface area contributed by atoms with Gasteiger partial charge in [-0.25, -0.2) is 14.5 Å². The lowest BCUT2D eigenvalue weighted by molar-refractivity contribution is 0.0955. The highest BCUT2D eigenvalue weighted by Crippen LogP contribution is 2.29. The number of carbonyl (C=O) groups excluding carboxylic acids is 1. The molecule has 0 aliphatic carbocycles. The molecule has 174 valence electrons. The zero-order valence-electron chi connectivity index (χ0n) is 19.3. The second-order valence-electron chi connectivity index (χ2n) is 8.27. The number of aryl methyl sites for hydroxylation is 1. The molecule has 0 bridgehead atoms. The van der Waals surface area contributed by atoms with Crippen molar-refractivity contribution in [3.63, 3.8) is 0 Å². The van der Waals surface area contributed by atoms with Gasteiger partial charge in [-0.1, -0.05) is 80.1 Å². The number of rotatable bonds is 7. The van der Waals surface area contributed by atoms with Crippen molar-refractivity contribution >= 4 is 5.91 Å². The SMILES string of the molecule is CCCc1cn(C(=O)c2ccccc2)c(=O)n1Cc1ccc(-c2ccccc2-c2nnn[nH]2)cc1. The van der Waals surface area contributed by atoms with Gasteiger partial charge in [0.05, 0.1) is 6.54 Å². The van der Waals surface area contributed by atoms with E-state index in [0.29, 0.717) is 24.4 Å². The van der Waals surface area contributed by atoms with E-state index in [1.807, 2.05) is 54.6 Å². The van der Waals surface area contributed by atoms with Gasteiger partial charge in [0.15, 0.2) is 5.82 Å². The topological polar surface area (TPSA) is 98.5 Å². The standard InChI is InChI=1S/C27H24N6O2/c1-2-8-22-18-33(26(34)21-9-4-3-5-10-21)27(35)32(22)17-19-13-15-20(16-14-19)23-11-6-7-12-24(23)25-28-30-31-29-25/h3-7,9-16,18H,2,8,17H2,1H3,(H,28,29,30,31). The van der Waals surface area contributed by atoms with Crippen molar-refractivity contribution < 1.29 is 4.79 Å². The van der Waals surface area contributed by atoms with Crippen LogP contribution in [0.4, 0.5) is 0 Å². The number of carbonyl (C=O) groups is 1. The van der Waals surface area contributed by atoms with Gasteiger partial charge in [-0.15, -0.1) is 5.10 Å². The van der Waals surface area contributed by atoms with E-state index in [0.717, 1.165) is 34.4 Å². The van der Waals surface area contributed by atoms with Crippen LogP contribution in [0.1, 0.15) is 35.0 Å². The quantitative estimate of drug-likeness (QED) is 0.390. The molecule has 2 heterocycles. The van der Waals surface area contributed by atoms with E-state index in [1.54, 1.807) is 35.0 Å². The molecule has 5 rings (SSSR count). The van der Waals surface area contributed by atoms with E-state index in [-0.39, 0.29) is 11.6 Å². The minimum Gasteiger partial charge on any atom is -0.292 e. The number of hydrogen-bond donors (Lipinski definition) is 1. The van der Waals surface area contributed by atoms with E-state index in [2.05, 4.69) is 27.5 Å². The maximum Gasteiger partial charge on any atom is 0.335 e. The van der Waals surface area contributed by atoms with Crippen LogP contribution in [0.3, 0.4) is 0 Å². The average molecular weight is 465 g/mol. The molecule has 0 saturated heterocycles. The summed E-state index contributed by atoms with van der Waals surface area (Å²) in [7, 11) is 0. The first-order valence-electron chi connectivity index (χ1n) is 11.5. The van der Waals surface area contributed by atoms with Crippen LogP contribution >= 0.6 is 0 Å². The number of hydrogen-bond acceptors (Lipinski definition) is 5. The summed E-state index contributed by atoms with van der Waals surface area (Å²) in [4.78, 5) is 26.2. The number of nitrogens with zero attached hydrogens (tertiary/aromatic N) is 5. The molecule has 0 spiro atoms. The number of H-pyrrole nitrogens is 1. The Labute approximate surface area is 201 Å². The lowest BCUT2D eigenvalue weighted by Gasteiger charge is -2.10. The number of benzene rings is 3. The Bertz CT molecular complexity index is 1500. The van der Waals surface area contributed by atoms with Crippen LogP contribution in [0.2, 0.25) is 0 Å². The van der Waals surface area contributed by atoms with Crippen LogP contribution in [-0.2, 0) is 13.0 Å². The fourth-order valence-electron chi connectivity index (χ4n) is 4.20. The molecule has 0 radical (unpaired) electrons. The van der Waals surface area contributed by atoms with Gasteiger partial charge in [-0.05, 0) is 45.7 Å². The second-order valence-corrected chi connectivity index (χ2v) is 8.27. The molecule has 0 fully saturated rings. The number of nitrogens with one attached hydrogen (secondary N) is 1. The van der Waals surface area contributed by atoms with Gasteiger partial charge < -0.3 is 0 Å². The normalized spacial score (nSPS) is 11.0. The Morgan fingerprint density at radius 3 is 2.31 bits per heavy atom. The van der Waals surface area contributed by atoms with Crippen LogP contribution in [0.5, 0.6) is 0 Å². The Morgan fingerprint density at radius 1 is 0.914 bits per heavy atom. The minimum atomic E-state index is -0.324. The highest BCUT2D eigenvalue weighted by molar-refractivity contribution is 5.95. The van der Waals surface area contributed by atoms with Crippen molar-refractivity contribution in [1.82, 2.24) is 29.8 Å². The molecule has 0 unspecified atom stereocenters. The molecule has 5 aromatic rings. The van der Waals surface area contributed by atoms with E-state index in [4.69, 9.17) is 0 Å². The molecule has 0 saturated carbocycles. The maximum atomic E-state index is 13.2. The molecular formula is C27H24N6O2. The first kappa shape index (κ1) is 22.2. The van der Waals surface area contributed by atoms with Crippen LogP contribution in [0, 0.1) is 0 Å². The molecule has 8 nitrogen and oxygen atoms in total. The number of aromatic nitrogens is 6. The van der Waals surface area contributed by atoms with Crippen molar-refractivity contribution in [2.45, 2.75) is 26.3 Å². The number of tetrazole rings is 1. The van der Waals surface area contributed by atoms with Crippen LogP contribution < -0.4 is 5.69 Å².